The highest BCUT2D eigenvalue weighted by Gasteiger charge is 2.29. The second kappa shape index (κ2) is 6.21. The van der Waals surface area contributed by atoms with E-state index in [1.807, 2.05) is 19.1 Å². The van der Waals surface area contributed by atoms with Crippen LogP contribution < -0.4 is 5.32 Å². The summed E-state index contributed by atoms with van der Waals surface area (Å²) in [4.78, 5) is 0. The van der Waals surface area contributed by atoms with Gasteiger partial charge in [-0.25, -0.2) is 0 Å². The molecule has 0 aromatic heterocycles. The van der Waals surface area contributed by atoms with Crippen LogP contribution in [0.15, 0.2) is 24.3 Å². The lowest BCUT2D eigenvalue weighted by Crippen LogP contribution is -2.49. The van der Waals surface area contributed by atoms with E-state index >= 15 is 0 Å². The fourth-order valence-electron chi connectivity index (χ4n) is 2.52. The predicted molar refractivity (Wildman–Crippen MR) is 72.8 cm³/mol. The van der Waals surface area contributed by atoms with Gasteiger partial charge in [-0.1, -0.05) is 12.1 Å². The molecule has 1 aliphatic carbocycles. The van der Waals surface area contributed by atoms with Crippen molar-refractivity contribution in [2.24, 2.45) is 0 Å². The molecule has 1 unspecified atom stereocenters. The van der Waals surface area contributed by atoms with Crippen LogP contribution in [0.5, 0.6) is 5.75 Å². The third-order valence-electron chi connectivity index (χ3n) is 3.50. The Hall–Kier alpha value is -1.06. The van der Waals surface area contributed by atoms with Gasteiger partial charge < -0.3 is 15.2 Å². The lowest BCUT2D eigenvalue weighted by atomic mass is 9.88. The highest BCUT2D eigenvalue weighted by molar-refractivity contribution is 5.26. The lowest BCUT2D eigenvalue weighted by molar-refractivity contribution is -0.0119. The van der Waals surface area contributed by atoms with Crippen molar-refractivity contribution in [3.63, 3.8) is 0 Å². The van der Waals surface area contributed by atoms with E-state index in [9.17, 15) is 5.11 Å². The summed E-state index contributed by atoms with van der Waals surface area (Å²) < 4.78 is 5.55. The molecule has 100 valence electrons. The molecule has 1 saturated carbocycles. The average Bonchev–Trinajstić information content (AvgIpc) is 2.29. The fraction of sp³-hybridized carbons (Fsp3) is 0.600. The monoisotopic (exact) mass is 249 g/mol. The molecule has 0 aliphatic heterocycles. The van der Waals surface area contributed by atoms with Gasteiger partial charge in [-0.05, 0) is 50.8 Å². The number of phenols is 1. The quantitative estimate of drug-likeness (QED) is 0.814. The molecule has 3 nitrogen and oxygen atoms in total. The van der Waals surface area contributed by atoms with Gasteiger partial charge in [-0.2, -0.15) is 0 Å². The average molecular weight is 249 g/mol. The first-order valence-corrected chi connectivity index (χ1v) is 6.83. The standard InChI is InChI=1S/C15H23NO2/c1-3-18-15-9-13(10-15)16-11(2)8-12-4-6-14(17)7-5-12/h4-7,11,13,15-17H,3,8-10H2,1-2H3. The van der Waals surface area contributed by atoms with E-state index in [0.29, 0.717) is 23.9 Å². The lowest BCUT2D eigenvalue weighted by Gasteiger charge is -2.37. The van der Waals surface area contributed by atoms with E-state index < -0.39 is 0 Å². The van der Waals surface area contributed by atoms with Gasteiger partial charge in [0.25, 0.3) is 0 Å². The SMILES string of the molecule is CCOC1CC(NC(C)Cc2ccc(O)cc2)C1. The molecule has 1 aromatic carbocycles. The van der Waals surface area contributed by atoms with E-state index in [2.05, 4.69) is 12.2 Å². The van der Waals surface area contributed by atoms with Crippen LogP contribution in [0, 0.1) is 0 Å². The van der Waals surface area contributed by atoms with Crippen molar-refractivity contribution >= 4 is 0 Å². The Morgan fingerprint density at radius 1 is 1.33 bits per heavy atom. The molecule has 0 spiro atoms. The first-order chi connectivity index (χ1) is 8.67. The van der Waals surface area contributed by atoms with Gasteiger partial charge in [-0.15, -0.1) is 0 Å². The molecule has 0 radical (unpaired) electrons. The molecule has 1 atom stereocenters. The minimum atomic E-state index is 0.331. The molecule has 2 N–H and O–H groups in total. The number of hydrogen-bond donors (Lipinski definition) is 2. The summed E-state index contributed by atoms with van der Waals surface area (Å²) in [5.74, 6) is 0.331. The highest BCUT2D eigenvalue weighted by atomic mass is 16.5. The van der Waals surface area contributed by atoms with Crippen LogP contribution in [0.25, 0.3) is 0 Å². The molecule has 1 aromatic rings. The molecule has 0 bridgehead atoms. The number of hydrogen-bond acceptors (Lipinski definition) is 3. The fourth-order valence-corrected chi connectivity index (χ4v) is 2.52. The largest absolute Gasteiger partial charge is 0.508 e. The Bertz CT molecular complexity index is 357. The van der Waals surface area contributed by atoms with Crippen molar-refractivity contribution in [3.8, 4) is 5.75 Å². The first-order valence-electron chi connectivity index (χ1n) is 6.83. The molecule has 0 heterocycles. The van der Waals surface area contributed by atoms with Gasteiger partial charge in [0.15, 0.2) is 0 Å². The summed E-state index contributed by atoms with van der Waals surface area (Å²) >= 11 is 0. The molecular weight excluding hydrogens is 226 g/mol. The maximum Gasteiger partial charge on any atom is 0.115 e. The van der Waals surface area contributed by atoms with Gasteiger partial charge >= 0.3 is 0 Å². The van der Waals surface area contributed by atoms with Gasteiger partial charge in [0.1, 0.15) is 5.75 Å². The Morgan fingerprint density at radius 2 is 2.00 bits per heavy atom. The number of nitrogens with one attached hydrogen (secondary N) is 1. The van der Waals surface area contributed by atoms with E-state index in [1.165, 1.54) is 5.56 Å². The topological polar surface area (TPSA) is 41.5 Å². The number of benzene rings is 1. The number of rotatable bonds is 6. The summed E-state index contributed by atoms with van der Waals surface area (Å²) in [6, 6.07) is 8.53. The van der Waals surface area contributed by atoms with E-state index in [4.69, 9.17) is 4.74 Å². The second-order valence-electron chi connectivity index (χ2n) is 5.18. The molecule has 2 rings (SSSR count). The van der Waals surface area contributed by atoms with Crippen molar-refractivity contribution < 1.29 is 9.84 Å². The summed E-state index contributed by atoms with van der Waals surface area (Å²) in [5, 5.41) is 12.9. The smallest absolute Gasteiger partial charge is 0.115 e. The van der Waals surface area contributed by atoms with E-state index in [-0.39, 0.29) is 0 Å². The van der Waals surface area contributed by atoms with Crippen molar-refractivity contribution in [2.75, 3.05) is 6.61 Å². The van der Waals surface area contributed by atoms with Gasteiger partial charge in [0, 0.05) is 18.7 Å². The third kappa shape index (κ3) is 3.72. The highest BCUT2D eigenvalue weighted by Crippen LogP contribution is 2.24. The molecule has 3 heteroatoms. The Labute approximate surface area is 109 Å². The summed E-state index contributed by atoms with van der Waals surface area (Å²) in [6.07, 6.45) is 3.73. The van der Waals surface area contributed by atoms with Crippen LogP contribution in [0.3, 0.4) is 0 Å². The maximum absolute atomic E-state index is 9.23. The van der Waals surface area contributed by atoms with Crippen molar-refractivity contribution in [2.45, 2.75) is 51.3 Å². The van der Waals surface area contributed by atoms with Crippen molar-refractivity contribution in [1.82, 2.24) is 5.32 Å². The Balaban J connectivity index is 1.70. The molecule has 1 fully saturated rings. The van der Waals surface area contributed by atoms with E-state index in [0.717, 1.165) is 25.9 Å². The third-order valence-corrected chi connectivity index (χ3v) is 3.50. The molecule has 1 aliphatic rings. The van der Waals surface area contributed by atoms with Crippen LogP contribution in [0.2, 0.25) is 0 Å². The molecule has 0 saturated heterocycles. The number of aromatic hydroxyl groups is 1. The van der Waals surface area contributed by atoms with Crippen LogP contribution in [0.1, 0.15) is 32.3 Å². The first kappa shape index (κ1) is 13.4. The Morgan fingerprint density at radius 3 is 2.61 bits per heavy atom. The molecule has 18 heavy (non-hydrogen) atoms. The zero-order chi connectivity index (χ0) is 13.0. The van der Waals surface area contributed by atoms with Gasteiger partial charge in [0.05, 0.1) is 6.10 Å². The van der Waals surface area contributed by atoms with E-state index in [1.54, 1.807) is 12.1 Å². The zero-order valence-electron chi connectivity index (χ0n) is 11.2. The molecular formula is C15H23NO2. The Kier molecular flexibility index (Phi) is 4.61. The zero-order valence-corrected chi connectivity index (χ0v) is 11.2. The predicted octanol–water partition coefficient (Wildman–Crippen LogP) is 2.48. The minimum absolute atomic E-state index is 0.331. The summed E-state index contributed by atoms with van der Waals surface area (Å²) in [5.41, 5.74) is 1.26. The van der Waals surface area contributed by atoms with Crippen LogP contribution in [-0.2, 0) is 11.2 Å². The molecule has 0 amide bonds. The van der Waals surface area contributed by atoms with Gasteiger partial charge in [0.2, 0.25) is 0 Å². The second-order valence-corrected chi connectivity index (χ2v) is 5.18. The van der Waals surface area contributed by atoms with Crippen LogP contribution in [0.4, 0.5) is 0 Å². The van der Waals surface area contributed by atoms with Crippen molar-refractivity contribution in [1.29, 1.82) is 0 Å². The normalized spacial score (nSPS) is 24.6. The van der Waals surface area contributed by atoms with Crippen LogP contribution >= 0.6 is 0 Å². The minimum Gasteiger partial charge on any atom is -0.508 e. The van der Waals surface area contributed by atoms with Crippen molar-refractivity contribution in [3.05, 3.63) is 29.8 Å². The number of phenolic OH excluding ortho intramolecular Hbond substituents is 1. The number of ether oxygens (including phenoxy) is 1. The van der Waals surface area contributed by atoms with Crippen LogP contribution in [-0.4, -0.2) is 29.9 Å². The summed E-state index contributed by atoms with van der Waals surface area (Å²) in [6.45, 7) is 5.08. The maximum atomic E-state index is 9.23. The summed E-state index contributed by atoms with van der Waals surface area (Å²) in [7, 11) is 0. The van der Waals surface area contributed by atoms with Gasteiger partial charge in [-0.3, -0.25) is 0 Å².